The molecule has 1 atom stereocenters. The zero-order valence-corrected chi connectivity index (χ0v) is 22.7. The molecule has 2 rings (SSSR count). The van der Waals surface area contributed by atoms with E-state index < -0.39 is 38.3 Å². The lowest BCUT2D eigenvalue weighted by molar-refractivity contribution is -0.113. The van der Waals surface area contributed by atoms with Crippen molar-refractivity contribution in [2.75, 3.05) is 6.54 Å². The number of carbonyl (C=O) groups excluding carboxylic acids is 2. The Balaban J connectivity index is 2.45. The van der Waals surface area contributed by atoms with Crippen LogP contribution in [0.5, 0.6) is 5.75 Å². The first kappa shape index (κ1) is 28.4. The normalized spacial score (nSPS) is 15.5. The Morgan fingerprint density at radius 2 is 1.77 bits per heavy atom. The van der Waals surface area contributed by atoms with E-state index in [2.05, 4.69) is 10.6 Å². The predicted octanol–water partition coefficient (Wildman–Crippen LogP) is 2.78. The molecule has 35 heavy (non-hydrogen) atoms. The number of guanidine groups is 1. The third-order valence-corrected chi connectivity index (χ3v) is 7.75. The molecule has 0 spiro atoms. The van der Waals surface area contributed by atoms with Crippen molar-refractivity contribution >= 4 is 27.0 Å². The summed E-state index contributed by atoms with van der Waals surface area (Å²) in [6, 6.07) is -1.34. The number of amides is 1. The largest absolute Gasteiger partial charge is 0.487 e. The Labute approximate surface area is 207 Å². The maximum absolute atomic E-state index is 13.7. The molecular formula is C24H38N4O6S. The van der Waals surface area contributed by atoms with E-state index in [0.29, 0.717) is 28.9 Å². The van der Waals surface area contributed by atoms with Gasteiger partial charge in [0.25, 0.3) is 5.12 Å². The Hall–Kier alpha value is -2.82. The molecule has 1 aliphatic rings. The second-order valence-electron chi connectivity index (χ2n) is 10.6. The molecule has 0 saturated heterocycles. The quantitative estimate of drug-likeness (QED) is 0.247. The standard InChI is InChI=1S/C24H38N4O6S/c1-13-14(2)19(15(3)16-12-24(7,8)33-18(13)16)35(31,32)20(29)17(10-9-11-27-21(25)26)28-22(30)34-23(4,5)6/h17H,9-12H2,1-8H3,(H,28,30)(H4,25,26,27)/t17-/m0/s1. The number of sulfone groups is 1. The van der Waals surface area contributed by atoms with Gasteiger partial charge in [0.15, 0.2) is 5.96 Å². The summed E-state index contributed by atoms with van der Waals surface area (Å²) < 4.78 is 38.7. The Bertz CT molecular complexity index is 1140. The summed E-state index contributed by atoms with van der Waals surface area (Å²) in [4.78, 5) is 25.8. The molecule has 1 aromatic carbocycles. The highest BCUT2D eigenvalue weighted by Gasteiger charge is 2.41. The number of fused-ring (bicyclic) bond motifs is 1. The van der Waals surface area contributed by atoms with Gasteiger partial charge in [-0.25, -0.2) is 13.2 Å². The summed E-state index contributed by atoms with van der Waals surface area (Å²) in [5.74, 6) is 0.417. The molecule has 11 heteroatoms. The fourth-order valence-electron chi connectivity index (χ4n) is 4.16. The van der Waals surface area contributed by atoms with Crippen LogP contribution in [-0.2, 0) is 25.8 Å². The van der Waals surface area contributed by atoms with Gasteiger partial charge in [0.05, 0.1) is 4.90 Å². The van der Waals surface area contributed by atoms with E-state index in [1.165, 1.54) is 0 Å². The minimum atomic E-state index is -4.48. The highest BCUT2D eigenvalue weighted by Crippen LogP contribution is 2.44. The molecule has 0 unspecified atom stereocenters. The lowest BCUT2D eigenvalue weighted by atomic mass is 9.94. The van der Waals surface area contributed by atoms with Gasteiger partial charge in [-0.15, -0.1) is 0 Å². The van der Waals surface area contributed by atoms with Gasteiger partial charge >= 0.3 is 6.09 Å². The van der Waals surface area contributed by atoms with Crippen molar-refractivity contribution in [1.29, 1.82) is 5.41 Å². The molecular weight excluding hydrogens is 472 g/mol. The SMILES string of the molecule is Cc1c(C)c(S(=O)(=O)C(=O)[C@H](CCCNC(=N)N)NC(=O)OC(C)(C)C)c(C)c2c1OC(C)(C)C2. The third kappa shape index (κ3) is 6.65. The molecule has 10 nitrogen and oxygen atoms in total. The summed E-state index contributed by atoms with van der Waals surface area (Å²) in [5.41, 5.74) is 6.34. The number of hydrogen-bond acceptors (Lipinski definition) is 7. The number of hydrogen-bond donors (Lipinski definition) is 4. The molecule has 0 aromatic heterocycles. The molecule has 1 aromatic rings. The van der Waals surface area contributed by atoms with Gasteiger partial charge in [0.2, 0.25) is 9.84 Å². The summed E-state index contributed by atoms with van der Waals surface area (Å²) in [6.45, 7) is 14.2. The van der Waals surface area contributed by atoms with E-state index in [0.717, 1.165) is 5.56 Å². The number of alkyl carbamates (subject to hydrolysis) is 1. The van der Waals surface area contributed by atoms with Crippen LogP contribution in [0.2, 0.25) is 0 Å². The molecule has 1 aliphatic heterocycles. The van der Waals surface area contributed by atoms with Crippen LogP contribution in [0.1, 0.15) is 69.7 Å². The average Bonchev–Trinajstić information content (AvgIpc) is 3.02. The van der Waals surface area contributed by atoms with Crippen molar-refractivity contribution in [1.82, 2.24) is 10.6 Å². The van der Waals surface area contributed by atoms with E-state index >= 15 is 0 Å². The minimum Gasteiger partial charge on any atom is -0.487 e. The van der Waals surface area contributed by atoms with E-state index in [-0.39, 0.29) is 30.2 Å². The van der Waals surface area contributed by atoms with E-state index in [1.807, 2.05) is 13.8 Å². The van der Waals surface area contributed by atoms with Crippen molar-refractivity contribution in [3.8, 4) is 5.75 Å². The number of carbonyl (C=O) groups is 2. The van der Waals surface area contributed by atoms with Gasteiger partial charge in [0.1, 0.15) is 23.0 Å². The Kier molecular flexibility index (Phi) is 8.15. The predicted molar refractivity (Wildman–Crippen MR) is 134 cm³/mol. The first-order chi connectivity index (χ1) is 15.9. The van der Waals surface area contributed by atoms with Crippen molar-refractivity contribution in [2.24, 2.45) is 5.73 Å². The molecule has 0 aliphatic carbocycles. The topological polar surface area (TPSA) is 161 Å². The molecule has 1 heterocycles. The lowest BCUT2D eigenvalue weighted by Gasteiger charge is -2.24. The molecule has 0 fully saturated rings. The highest BCUT2D eigenvalue weighted by atomic mass is 32.2. The van der Waals surface area contributed by atoms with Crippen molar-refractivity contribution in [3.63, 3.8) is 0 Å². The van der Waals surface area contributed by atoms with Crippen LogP contribution in [-0.4, -0.2) is 49.4 Å². The minimum absolute atomic E-state index is 0.00967. The maximum atomic E-state index is 13.7. The van der Waals surface area contributed by atoms with Gasteiger partial charge < -0.3 is 25.8 Å². The molecule has 0 bridgehead atoms. The molecule has 1 amide bonds. The van der Waals surface area contributed by atoms with Gasteiger partial charge in [0, 0.05) is 18.5 Å². The smallest absolute Gasteiger partial charge is 0.408 e. The summed E-state index contributed by atoms with van der Waals surface area (Å²) in [7, 11) is -4.48. The van der Waals surface area contributed by atoms with Crippen molar-refractivity contribution in [3.05, 3.63) is 22.3 Å². The maximum Gasteiger partial charge on any atom is 0.408 e. The van der Waals surface area contributed by atoms with Crippen molar-refractivity contribution < 1.29 is 27.5 Å². The Morgan fingerprint density at radius 3 is 2.31 bits per heavy atom. The van der Waals surface area contributed by atoms with Crippen LogP contribution in [0.3, 0.4) is 0 Å². The first-order valence-corrected chi connectivity index (χ1v) is 13.0. The third-order valence-electron chi connectivity index (χ3n) is 5.79. The van der Waals surface area contributed by atoms with Gasteiger partial charge in [-0.1, -0.05) is 0 Å². The highest BCUT2D eigenvalue weighted by molar-refractivity contribution is 8.06. The summed E-state index contributed by atoms with van der Waals surface area (Å²) in [5, 5.41) is 11.2. The number of ether oxygens (including phenoxy) is 2. The second-order valence-corrected chi connectivity index (χ2v) is 12.4. The van der Waals surface area contributed by atoms with Gasteiger partial charge in [-0.05, 0) is 84.9 Å². The fraction of sp³-hybridized carbons (Fsp3) is 0.625. The Morgan fingerprint density at radius 1 is 1.17 bits per heavy atom. The number of rotatable bonds is 7. The van der Waals surface area contributed by atoms with Gasteiger partial charge in [-0.3, -0.25) is 10.2 Å². The monoisotopic (exact) mass is 510 g/mol. The van der Waals surface area contributed by atoms with Crippen LogP contribution in [0, 0.1) is 26.2 Å². The summed E-state index contributed by atoms with van der Waals surface area (Å²) >= 11 is 0. The molecule has 0 radical (unpaired) electrons. The number of nitrogens with two attached hydrogens (primary N) is 1. The van der Waals surface area contributed by atoms with Crippen LogP contribution in [0.15, 0.2) is 4.90 Å². The van der Waals surface area contributed by atoms with Crippen LogP contribution < -0.4 is 21.1 Å². The van der Waals surface area contributed by atoms with Gasteiger partial charge in [-0.2, -0.15) is 0 Å². The second kappa shape index (κ2) is 10.0. The van der Waals surface area contributed by atoms with Crippen LogP contribution >= 0.6 is 0 Å². The van der Waals surface area contributed by atoms with Crippen LogP contribution in [0.25, 0.3) is 0 Å². The van der Waals surface area contributed by atoms with E-state index in [4.69, 9.17) is 20.6 Å². The van der Waals surface area contributed by atoms with Crippen molar-refractivity contribution in [2.45, 2.75) is 96.8 Å². The fourth-order valence-corrected chi connectivity index (χ4v) is 6.00. The number of nitrogens with one attached hydrogen (secondary N) is 3. The molecule has 196 valence electrons. The van der Waals surface area contributed by atoms with E-state index in [9.17, 15) is 18.0 Å². The molecule has 0 saturated carbocycles. The molecule has 5 N–H and O–H groups in total. The van der Waals surface area contributed by atoms with E-state index in [1.54, 1.807) is 41.5 Å². The zero-order chi connectivity index (χ0) is 26.9. The summed E-state index contributed by atoms with van der Waals surface area (Å²) in [6.07, 6.45) is -0.0814. The van der Waals surface area contributed by atoms with Crippen LogP contribution in [0.4, 0.5) is 4.79 Å². The lowest BCUT2D eigenvalue weighted by Crippen LogP contribution is -2.46. The average molecular weight is 511 g/mol. The first-order valence-electron chi connectivity index (χ1n) is 11.6. The zero-order valence-electron chi connectivity index (χ0n) is 21.8. The number of benzene rings is 1.